The Balaban J connectivity index is 1.71. The highest BCUT2D eigenvalue weighted by Gasteiger charge is 2.64. The van der Waals surface area contributed by atoms with Crippen molar-refractivity contribution in [2.24, 2.45) is 28.6 Å². The molecule has 2 N–H and O–H groups in total. The highest BCUT2D eigenvalue weighted by Crippen LogP contribution is 2.64. The van der Waals surface area contributed by atoms with Gasteiger partial charge >= 0.3 is 5.97 Å². The van der Waals surface area contributed by atoms with Crippen LogP contribution < -0.4 is 0 Å². The zero-order valence-electron chi connectivity index (χ0n) is 15.6. The minimum Gasteiger partial charge on any atom is -0.454 e. The second kappa shape index (κ2) is 5.77. The van der Waals surface area contributed by atoms with E-state index in [1.54, 1.807) is 0 Å². The highest BCUT2D eigenvalue weighted by molar-refractivity contribution is 5.89. The van der Waals surface area contributed by atoms with Gasteiger partial charge in [-0.05, 0) is 37.0 Å². The van der Waals surface area contributed by atoms with E-state index in [0.29, 0.717) is 12.8 Å². The lowest BCUT2D eigenvalue weighted by Gasteiger charge is -2.58. The second-order valence-electron chi connectivity index (χ2n) is 9.09. The summed E-state index contributed by atoms with van der Waals surface area (Å²) in [5, 5.41) is 20.9. The largest absolute Gasteiger partial charge is 0.454 e. The lowest BCUT2D eigenvalue weighted by atomic mass is 9.47. The van der Waals surface area contributed by atoms with E-state index in [9.17, 15) is 19.8 Å². The van der Waals surface area contributed by atoms with Crippen LogP contribution in [0.2, 0.25) is 0 Å². The third kappa shape index (κ3) is 2.36. The van der Waals surface area contributed by atoms with Crippen LogP contribution in [0.25, 0.3) is 0 Å². The van der Waals surface area contributed by atoms with Crippen LogP contribution in [0.5, 0.6) is 0 Å². The topological polar surface area (TPSA) is 83.8 Å². The van der Waals surface area contributed by atoms with Crippen LogP contribution >= 0.6 is 0 Å². The Kier molecular flexibility index (Phi) is 3.98. The van der Waals surface area contributed by atoms with E-state index < -0.39 is 29.7 Å². The maximum Gasteiger partial charge on any atom is 0.303 e. The first-order valence-electron chi connectivity index (χ1n) is 9.63. The summed E-state index contributed by atoms with van der Waals surface area (Å²) in [6.45, 7) is 5.59. The normalized spacial score (nSPS) is 49.7. The van der Waals surface area contributed by atoms with E-state index >= 15 is 0 Å². The SMILES string of the molecule is CC(=O)OC1C(=O)CC2C3C(CC[C@]12C)[C@@]1(C)C=C[C@H](O)C=C1C[C@@H]3O. The molecule has 4 aliphatic rings. The van der Waals surface area contributed by atoms with Gasteiger partial charge in [0.2, 0.25) is 0 Å². The summed E-state index contributed by atoms with van der Waals surface area (Å²) in [5.41, 5.74) is 0.513. The molecule has 5 heteroatoms. The average Bonchev–Trinajstić information content (AvgIpc) is 2.80. The molecule has 4 rings (SSSR count). The minimum atomic E-state index is -0.688. The molecule has 0 aromatic heterocycles. The Morgan fingerprint density at radius 1 is 1.23 bits per heavy atom. The summed E-state index contributed by atoms with van der Waals surface area (Å²) < 4.78 is 5.43. The number of carbonyl (C=O) groups excluding carboxylic acids is 2. The number of aliphatic hydroxyl groups is 2. The van der Waals surface area contributed by atoms with Crippen molar-refractivity contribution in [2.75, 3.05) is 0 Å². The summed E-state index contributed by atoms with van der Waals surface area (Å²) in [6.07, 6.45) is 6.55. The van der Waals surface area contributed by atoms with E-state index in [1.807, 2.05) is 19.1 Å². The number of hydrogen-bond acceptors (Lipinski definition) is 5. The van der Waals surface area contributed by atoms with E-state index in [0.717, 1.165) is 18.4 Å². The number of hydrogen-bond donors (Lipinski definition) is 2. The summed E-state index contributed by atoms with van der Waals surface area (Å²) in [6, 6.07) is 0. The Morgan fingerprint density at radius 3 is 2.65 bits per heavy atom. The van der Waals surface area contributed by atoms with Gasteiger partial charge in [0.25, 0.3) is 0 Å². The van der Waals surface area contributed by atoms with Gasteiger partial charge in [-0.3, -0.25) is 9.59 Å². The summed E-state index contributed by atoms with van der Waals surface area (Å²) in [5.74, 6) is -0.185. The maximum absolute atomic E-state index is 12.7. The van der Waals surface area contributed by atoms with E-state index in [2.05, 4.69) is 13.0 Å². The van der Waals surface area contributed by atoms with Crippen molar-refractivity contribution in [3.8, 4) is 0 Å². The number of esters is 1. The standard InChI is InChI=1S/C21H28O5/c1-11(22)26-19-17(25)10-15-18-14(5-7-21(15,19)3)20(2)6-4-13(23)8-12(20)9-16(18)24/h4,6,8,13-16,18-19,23-24H,5,7,9-10H2,1-3H3/t13-,14?,15?,16-,18?,19?,20-,21-/m0/s1. The fourth-order valence-electron chi connectivity index (χ4n) is 6.41. The van der Waals surface area contributed by atoms with Crippen molar-refractivity contribution in [3.05, 3.63) is 23.8 Å². The number of carbonyl (C=O) groups is 2. The van der Waals surface area contributed by atoms with Gasteiger partial charge in [0, 0.05) is 24.2 Å². The fraction of sp³-hybridized carbons (Fsp3) is 0.714. The molecular weight excluding hydrogens is 332 g/mol. The van der Waals surface area contributed by atoms with Crippen molar-refractivity contribution < 1.29 is 24.5 Å². The molecule has 0 spiro atoms. The van der Waals surface area contributed by atoms with E-state index in [4.69, 9.17) is 4.74 Å². The van der Waals surface area contributed by atoms with E-state index in [-0.39, 0.29) is 29.0 Å². The quantitative estimate of drug-likeness (QED) is 0.553. The first-order chi connectivity index (χ1) is 12.2. The molecule has 3 saturated carbocycles. The number of allylic oxidation sites excluding steroid dienone is 1. The molecular formula is C21H28O5. The van der Waals surface area contributed by atoms with Crippen LogP contribution in [0.3, 0.4) is 0 Å². The smallest absolute Gasteiger partial charge is 0.303 e. The van der Waals surface area contributed by atoms with Crippen molar-refractivity contribution >= 4 is 11.8 Å². The average molecular weight is 360 g/mol. The molecule has 5 nitrogen and oxygen atoms in total. The van der Waals surface area contributed by atoms with E-state index in [1.165, 1.54) is 6.92 Å². The lowest BCUT2D eigenvalue weighted by Crippen LogP contribution is -2.55. The van der Waals surface area contributed by atoms with Crippen molar-refractivity contribution in [1.82, 2.24) is 0 Å². The number of ether oxygens (including phenoxy) is 1. The lowest BCUT2D eigenvalue weighted by molar-refractivity contribution is -0.163. The molecule has 0 amide bonds. The second-order valence-corrected chi connectivity index (χ2v) is 9.09. The summed E-state index contributed by atoms with van der Waals surface area (Å²) >= 11 is 0. The first-order valence-corrected chi connectivity index (χ1v) is 9.63. The fourth-order valence-corrected chi connectivity index (χ4v) is 6.41. The Labute approximate surface area is 154 Å². The molecule has 0 radical (unpaired) electrons. The summed E-state index contributed by atoms with van der Waals surface area (Å²) in [7, 11) is 0. The van der Waals surface area contributed by atoms with Crippen LogP contribution in [-0.4, -0.2) is 40.3 Å². The monoisotopic (exact) mass is 360 g/mol. The van der Waals surface area contributed by atoms with Crippen LogP contribution in [0.1, 0.15) is 46.5 Å². The van der Waals surface area contributed by atoms with Gasteiger partial charge in [0.05, 0.1) is 12.2 Å². The van der Waals surface area contributed by atoms with Gasteiger partial charge in [0.1, 0.15) is 0 Å². The Morgan fingerprint density at radius 2 is 1.96 bits per heavy atom. The Bertz CT molecular complexity index is 709. The molecule has 0 aromatic rings. The highest BCUT2D eigenvalue weighted by atomic mass is 16.5. The summed E-state index contributed by atoms with van der Waals surface area (Å²) in [4.78, 5) is 24.2. The molecule has 4 aliphatic carbocycles. The zero-order chi connectivity index (χ0) is 18.9. The van der Waals surface area contributed by atoms with Crippen LogP contribution in [0, 0.1) is 28.6 Å². The molecule has 26 heavy (non-hydrogen) atoms. The molecule has 3 fully saturated rings. The van der Waals surface area contributed by atoms with Gasteiger partial charge in [-0.1, -0.05) is 37.6 Å². The number of Topliss-reactive ketones (excluding diaryl/α,β-unsaturated/α-hetero) is 1. The maximum atomic E-state index is 12.7. The molecule has 142 valence electrons. The van der Waals surface area contributed by atoms with Crippen molar-refractivity contribution in [3.63, 3.8) is 0 Å². The molecule has 0 aromatic carbocycles. The third-order valence-corrected chi connectivity index (χ3v) is 7.71. The number of fused-ring (bicyclic) bond motifs is 5. The molecule has 8 atom stereocenters. The number of aliphatic hydroxyl groups excluding tert-OH is 2. The number of rotatable bonds is 1. The third-order valence-electron chi connectivity index (χ3n) is 7.71. The van der Waals surface area contributed by atoms with Gasteiger partial charge in [-0.15, -0.1) is 0 Å². The Hall–Kier alpha value is -1.46. The molecule has 4 unspecified atom stereocenters. The minimum absolute atomic E-state index is 0.000279. The zero-order valence-corrected chi connectivity index (χ0v) is 15.6. The van der Waals surface area contributed by atoms with Crippen LogP contribution in [0.15, 0.2) is 23.8 Å². The van der Waals surface area contributed by atoms with Gasteiger partial charge in [-0.2, -0.15) is 0 Å². The predicted octanol–water partition coefficient (Wildman–Crippen LogP) is 2.17. The van der Waals surface area contributed by atoms with Crippen LogP contribution in [-0.2, 0) is 14.3 Å². The van der Waals surface area contributed by atoms with Crippen LogP contribution in [0.4, 0.5) is 0 Å². The number of ketones is 1. The molecule has 0 saturated heterocycles. The van der Waals surface area contributed by atoms with Crippen molar-refractivity contribution in [1.29, 1.82) is 0 Å². The molecule has 0 aliphatic heterocycles. The van der Waals surface area contributed by atoms with Gasteiger partial charge < -0.3 is 14.9 Å². The predicted molar refractivity (Wildman–Crippen MR) is 94.9 cm³/mol. The molecule has 0 heterocycles. The molecule has 0 bridgehead atoms. The van der Waals surface area contributed by atoms with Crippen molar-refractivity contribution in [2.45, 2.75) is 64.8 Å². The van der Waals surface area contributed by atoms with Gasteiger partial charge in [0.15, 0.2) is 11.9 Å². The van der Waals surface area contributed by atoms with Gasteiger partial charge in [-0.25, -0.2) is 0 Å². The first kappa shape index (κ1) is 17.9.